The minimum atomic E-state index is -0.639. The van der Waals surface area contributed by atoms with E-state index in [0.717, 1.165) is 0 Å². The van der Waals surface area contributed by atoms with Crippen molar-refractivity contribution in [2.24, 2.45) is 5.73 Å². The molecule has 1 amide bonds. The molecule has 3 N–H and O–H groups in total. The van der Waals surface area contributed by atoms with E-state index in [1.165, 1.54) is 19.2 Å². The number of aromatic hydroxyl groups is 1. The van der Waals surface area contributed by atoms with Crippen molar-refractivity contribution >= 4 is 21.8 Å². The fourth-order valence-electron chi connectivity index (χ4n) is 0.905. The van der Waals surface area contributed by atoms with Crippen molar-refractivity contribution in [2.45, 2.75) is 0 Å². The Labute approximate surface area is 83.4 Å². The van der Waals surface area contributed by atoms with E-state index < -0.39 is 5.91 Å². The van der Waals surface area contributed by atoms with Gasteiger partial charge in [0.05, 0.1) is 17.1 Å². The number of ether oxygens (including phenoxy) is 1. The van der Waals surface area contributed by atoms with Gasteiger partial charge in [0.25, 0.3) is 5.91 Å². The summed E-state index contributed by atoms with van der Waals surface area (Å²) in [6, 6.07) is 2.74. The van der Waals surface area contributed by atoms with Crippen LogP contribution in [0.15, 0.2) is 16.6 Å². The van der Waals surface area contributed by atoms with Crippen LogP contribution >= 0.6 is 15.9 Å². The van der Waals surface area contributed by atoms with E-state index in [-0.39, 0.29) is 11.3 Å². The lowest BCUT2D eigenvalue weighted by molar-refractivity contribution is 0.0997. The molecule has 70 valence electrons. The molecular formula is C8H8BrNO3. The van der Waals surface area contributed by atoms with Gasteiger partial charge in [0, 0.05) is 0 Å². The van der Waals surface area contributed by atoms with Crippen LogP contribution in [0.3, 0.4) is 0 Å². The molecular weight excluding hydrogens is 238 g/mol. The first-order valence-corrected chi connectivity index (χ1v) is 4.22. The normalized spacial score (nSPS) is 9.69. The quantitative estimate of drug-likeness (QED) is 0.825. The molecule has 1 rings (SSSR count). The summed E-state index contributed by atoms with van der Waals surface area (Å²) in [6.45, 7) is 0. The Morgan fingerprint density at radius 3 is 2.69 bits per heavy atom. The summed E-state index contributed by atoms with van der Waals surface area (Å²) in [5, 5.41) is 9.26. The van der Waals surface area contributed by atoms with Crippen molar-refractivity contribution in [1.29, 1.82) is 0 Å². The molecule has 0 spiro atoms. The van der Waals surface area contributed by atoms with Gasteiger partial charge in [-0.25, -0.2) is 0 Å². The van der Waals surface area contributed by atoms with E-state index in [0.29, 0.717) is 10.2 Å². The van der Waals surface area contributed by atoms with Crippen molar-refractivity contribution in [3.63, 3.8) is 0 Å². The van der Waals surface area contributed by atoms with Crippen LogP contribution in [0.5, 0.6) is 11.5 Å². The number of benzene rings is 1. The van der Waals surface area contributed by atoms with Crippen LogP contribution < -0.4 is 10.5 Å². The Morgan fingerprint density at radius 1 is 1.62 bits per heavy atom. The van der Waals surface area contributed by atoms with Gasteiger partial charge in [0.1, 0.15) is 11.5 Å². The molecule has 13 heavy (non-hydrogen) atoms. The van der Waals surface area contributed by atoms with Gasteiger partial charge in [0.15, 0.2) is 0 Å². The third-order valence-electron chi connectivity index (χ3n) is 1.53. The average Bonchev–Trinajstić information content (AvgIpc) is 2.08. The smallest absolute Gasteiger partial charge is 0.252 e. The van der Waals surface area contributed by atoms with Gasteiger partial charge in [-0.1, -0.05) is 0 Å². The molecule has 0 radical (unpaired) electrons. The van der Waals surface area contributed by atoms with Gasteiger partial charge < -0.3 is 15.6 Å². The summed E-state index contributed by atoms with van der Waals surface area (Å²) in [6.07, 6.45) is 0. The van der Waals surface area contributed by atoms with Gasteiger partial charge in [-0.15, -0.1) is 0 Å². The monoisotopic (exact) mass is 245 g/mol. The second-order valence-electron chi connectivity index (χ2n) is 2.37. The summed E-state index contributed by atoms with van der Waals surface area (Å²) in [4.78, 5) is 10.9. The van der Waals surface area contributed by atoms with E-state index in [2.05, 4.69) is 15.9 Å². The Balaban J connectivity index is 3.33. The molecule has 5 heteroatoms. The fourth-order valence-corrected chi connectivity index (χ4v) is 1.23. The summed E-state index contributed by atoms with van der Waals surface area (Å²) in [5.41, 5.74) is 5.22. The number of phenolic OH excluding ortho intramolecular Hbond substituents is 1. The number of phenols is 1. The summed E-state index contributed by atoms with van der Waals surface area (Å²) in [5.74, 6) is -0.355. The Morgan fingerprint density at radius 2 is 2.23 bits per heavy atom. The van der Waals surface area contributed by atoms with E-state index in [9.17, 15) is 9.90 Å². The third kappa shape index (κ3) is 1.92. The van der Waals surface area contributed by atoms with Crippen LogP contribution in [0, 0.1) is 0 Å². The number of rotatable bonds is 2. The van der Waals surface area contributed by atoms with Crippen molar-refractivity contribution < 1.29 is 14.6 Å². The molecule has 0 bridgehead atoms. The van der Waals surface area contributed by atoms with Crippen LogP contribution in [0.2, 0.25) is 0 Å². The van der Waals surface area contributed by atoms with Crippen molar-refractivity contribution in [3.8, 4) is 11.5 Å². The first-order valence-electron chi connectivity index (χ1n) is 3.42. The number of methoxy groups -OCH3 is 1. The SMILES string of the molecule is COc1cc(Br)c(O)cc1C(N)=O. The van der Waals surface area contributed by atoms with Crippen LogP contribution in [-0.2, 0) is 0 Å². The third-order valence-corrected chi connectivity index (χ3v) is 2.17. The van der Waals surface area contributed by atoms with Crippen LogP contribution in [0.1, 0.15) is 10.4 Å². The maximum atomic E-state index is 10.9. The van der Waals surface area contributed by atoms with Gasteiger partial charge in [0.2, 0.25) is 0 Å². The van der Waals surface area contributed by atoms with Crippen LogP contribution in [-0.4, -0.2) is 18.1 Å². The number of hydrogen-bond donors (Lipinski definition) is 2. The van der Waals surface area contributed by atoms with E-state index in [4.69, 9.17) is 10.5 Å². The fraction of sp³-hybridized carbons (Fsp3) is 0.125. The number of primary amides is 1. The zero-order valence-electron chi connectivity index (χ0n) is 6.87. The highest BCUT2D eigenvalue weighted by atomic mass is 79.9. The lowest BCUT2D eigenvalue weighted by Gasteiger charge is -2.06. The predicted molar refractivity (Wildman–Crippen MR) is 50.9 cm³/mol. The summed E-state index contributed by atoms with van der Waals surface area (Å²) >= 11 is 3.09. The molecule has 0 aliphatic heterocycles. The second kappa shape index (κ2) is 3.66. The molecule has 0 unspecified atom stereocenters. The largest absolute Gasteiger partial charge is 0.507 e. The molecule has 0 fully saturated rings. The molecule has 0 saturated carbocycles. The van der Waals surface area contributed by atoms with Crippen molar-refractivity contribution in [1.82, 2.24) is 0 Å². The molecule has 4 nitrogen and oxygen atoms in total. The highest BCUT2D eigenvalue weighted by Gasteiger charge is 2.12. The van der Waals surface area contributed by atoms with Gasteiger partial charge >= 0.3 is 0 Å². The standard InChI is InChI=1S/C8H8BrNO3/c1-13-7-3-5(9)6(11)2-4(7)8(10)12/h2-3,11H,1H3,(H2,10,12). The summed E-state index contributed by atoms with van der Waals surface area (Å²) in [7, 11) is 1.42. The molecule has 0 saturated heterocycles. The van der Waals surface area contributed by atoms with Gasteiger partial charge in [-0.05, 0) is 28.1 Å². The first-order chi connectivity index (χ1) is 6.06. The lowest BCUT2D eigenvalue weighted by atomic mass is 10.2. The number of halogens is 1. The molecule has 1 aromatic carbocycles. The number of hydrogen-bond acceptors (Lipinski definition) is 3. The van der Waals surface area contributed by atoms with Gasteiger partial charge in [-0.2, -0.15) is 0 Å². The zero-order valence-corrected chi connectivity index (χ0v) is 8.46. The Bertz CT molecular complexity index is 351. The van der Waals surface area contributed by atoms with Crippen LogP contribution in [0.4, 0.5) is 0 Å². The van der Waals surface area contributed by atoms with E-state index in [1.807, 2.05) is 0 Å². The maximum absolute atomic E-state index is 10.9. The maximum Gasteiger partial charge on any atom is 0.252 e. The highest BCUT2D eigenvalue weighted by molar-refractivity contribution is 9.10. The van der Waals surface area contributed by atoms with Crippen molar-refractivity contribution in [3.05, 3.63) is 22.2 Å². The number of carbonyl (C=O) groups excluding carboxylic acids is 1. The first kappa shape index (κ1) is 9.85. The molecule has 0 atom stereocenters. The van der Waals surface area contributed by atoms with Crippen molar-refractivity contribution in [2.75, 3.05) is 7.11 Å². The number of nitrogens with two attached hydrogens (primary N) is 1. The second-order valence-corrected chi connectivity index (χ2v) is 3.22. The predicted octanol–water partition coefficient (Wildman–Crippen LogP) is 1.26. The molecule has 0 aliphatic rings. The summed E-state index contributed by atoms with van der Waals surface area (Å²) < 4.78 is 5.35. The minimum Gasteiger partial charge on any atom is -0.507 e. The zero-order chi connectivity index (χ0) is 10.0. The topological polar surface area (TPSA) is 72.6 Å². The molecule has 0 aliphatic carbocycles. The molecule has 0 aromatic heterocycles. The lowest BCUT2D eigenvalue weighted by Crippen LogP contribution is -2.12. The van der Waals surface area contributed by atoms with Crippen LogP contribution in [0.25, 0.3) is 0 Å². The minimum absolute atomic E-state index is 0.0467. The molecule has 1 aromatic rings. The number of carbonyl (C=O) groups is 1. The van der Waals surface area contributed by atoms with E-state index in [1.54, 1.807) is 0 Å². The number of amides is 1. The Hall–Kier alpha value is -1.23. The average molecular weight is 246 g/mol. The van der Waals surface area contributed by atoms with E-state index >= 15 is 0 Å². The van der Waals surface area contributed by atoms with Gasteiger partial charge in [-0.3, -0.25) is 4.79 Å². The highest BCUT2D eigenvalue weighted by Crippen LogP contribution is 2.31. The molecule has 0 heterocycles. The Kier molecular flexibility index (Phi) is 2.77.